The molecule has 4 nitrogen and oxygen atoms in total. The lowest BCUT2D eigenvalue weighted by molar-refractivity contribution is -0.111. The van der Waals surface area contributed by atoms with Crippen LogP contribution in [0.25, 0.3) is 28.7 Å². The highest BCUT2D eigenvalue weighted by atomic mass is 16.3. The molecule has 30 heavy (non-hydrogen) atoms. The first-order chi connectivity index (χ1) is 14.6. The Morgan fingerprint density at radius 1 is 0.933 bits per heavy atom. The summed E-state index contributed by atoms with van der Waals surface area (Å²) in [5, 5.41) is 2.90. The monoisotopic (exact) mass is 394 g/mol. The van der Waals surface area contributed by atoms with E-state index < -0.39 is 0 Å². The Balaban J connectivity index is 1.47. The summed E-state index contributed by atoms with van der Waals surface area (Å²) in [6.45, 7) is 4.11. The van der Waals surface area contributed by atoms with E-state index in [0.29, 0.717) is 5.89 Å². The molecule has 0 spiro atoms. The van der Waals surface area contributed by atoms with Crippen LogP contribution < -0.4 is 5.32 Å². The van der Waals surface area contributed by atoms with E-state index in [2.05, 4.69) is 29.4 Å². The maximum absolute atomic E-state index is 12.2. The van der Waals surface area contributed by atoms with Crippen LogP contribution in [0.3, 0.4) is 0 Å². The number of hydrogen-bond acceptors (Lipinski definition) is 3. The second-order valence-electron chi connectivity index (χ2n) is 7.18. The number of benzene rings is 3. The van der Waals surface area contributed by atoms with E-state index in [9.17, 15) is 4.79 Å². The van der Waals surface area contributed by atoms with Gasteiger partial charge in [-0.1, -0.05) is 48.0 Å². The van der Waals surface area contributed by atoms with Gasteiger partial charge >= 0.3 is 0 Å². The first-order valence-electron chi connectivity index (χ1n) is 9.75. The number of aryl methyl sites for hydroxylation is 2. The second kappa shape index (κ2) is 8.62. The molecule has 4 heteroatoms. The third kappa shape index (κ3) is 4.55. The van der Waals surface area contributed by atoms with E-state index in [0.717, 1.165) is 33.5 Å². The van der Waals surface area contributed by atoms with Gasteiger partial charge in [-0.3, -0.25) is 4.79 Å². The Hall–Kier alpha value is -3.92. The highest BCUT2D eigenvalue weighted by molar-refractivity contribution is 6.02. The van der Waals surface area contributed by atoms with Crippen LogP contribution in [-0.2, 0) is 4.79 Å². The Bertz CT molecular complexity index is 1170. The van der Waals surface area contributed by atoms with Gasteiger partial charge in [-0.05, 0) is 66.4 Å². The van der Waals surface area contributed by atoms with Gasteiger partial charge in [-0.15, -0.1) is 0 Å². The molecule has 0 aliphatic carbocycles. The Labute approximate surface area is 175 Å². The van der Waals surface area contributed by atoms with Crippen molar-refractivity contribution in [2.75, 3.05) is 5.32 Å². The molecule has 1 N–H and O–H groups in total. The number of aromatic nitrogens is 1. The third-order valence-corrected chi connectivity index (χ3v) is 4.88. The molecule has 3 aromatic carbocycles. The molecule has 1 amide bonds. The number of amides is 1. The van der Waals surface area contributed by atoms with Crippen molar-refractivity contribution in [2.24, 2.45) is 0 Å². The molecular formula is C26H22N2O2. The van der Waals surface area contributed by atoms with Gasteiger partial charge in [0.1, 0.15) is 6.26 Å². The van der Waals surface area contributed by atoms with Gasteiger partial charge < -0.3 is 9.73 Å². The predicted octanol–water partition coefficient (Wildman–Crippen LogP) is 6.28. The Morgan fingerprint density at radius 3 is 2.37 bits per heavy atom. The average Bonchev–Trinajstić information content (AvgIpc) is 3.29. The van der Waals surface area contributed by atoms with E-state index in [1.807, 2.05) is 61.5 Å². The average molecular weight is 394 g/mol. The van der Waals surface area contributed by atoms with Gasteiger partial charge in [-0.2, -0.15) is 0 Å². The first kappa shape index (κ1) is 19.4. The zero-order valence-corrected chi connectivity index (χ0v) is 16.9. The van der Waals surface area contributed by atoms with Crippen molar-refractivity contribution < 1.29 is 9.21 Å². The van der Waals surface area contributed by atoms with Crippen LogP contribution in [0.1, 0.15) is 16.7 Å². The standard InChI is InChI=1S/C26H22N2O2/c1-18-3-6-20(7-4-18)8-14-25(29)28-23-12-10-21(11-13-23)24-17-22(9-5-19(24)2)26-27-15-16-30-26/h3-17H,1-2H3,(H,28,29)/b14-8+. The predicted molar refractivity (Wildman–Crippen MR) is 121 cm³/mol. The molecule has 0 aliphatic heterocycles. The lowest BCUT2D eigenvalue weighted by Crippen LogP contribution is -2.07. The van der Waals surface area contributed by atoms with Gasteiger partial charge in [0.15, 0.2) is 0 Å². The lowest BCUT2D eigenvalue weighted by atomic mass is 9.98. The zero-order chi connectivity index (χ0) is 20.9. The number of oxazole rings is 1. The van der Waals surface area contributed by atoms with Crippen molar-refractivity contribution in [3.05, 3.63) is 102 Å². The summed E-state index contributed by atoms with van der Waals surface area (Å²) >= 11 is 0. The molecule has 0 aliphatic rings. The van der Waals surface area contributed by atoms with Gasteiger partial charge in [0, 0.05) is 17.3 Å². The van der Waals surface area contributed by atoms with Gasteiger partial charge in [0.05, 0.1) is 6.20 Å². The summed E-state index contributed by atoms with van der Waals surface area (Å²) in [5.74, 6) is 0.436. The number of nitrogens with zero attached hydrogens (tertiary/aromatic N) is 1. The van der Waals surface area contributed by atoms with Crippen molar-refractivity contribution in [3.63, 3.8) is 0 Å². The highest BCUT2D eigenvalue weighted by Gasteiger charge is 2.08. The van der Waals surface area contributed by atoms with Crippen molar-refractivity contribution in [1.82, 2.24) is 4.98 Å². The topological polar surface area (TPSA) is 55.1 Å². The molecular weight excluding hydrogens is 372 g/mol. The van der Waals surface area contributed by atoms with Crippen LogP contribution >= 0.6 is 0 Å². The fraction of sp³-hybridized carbons (Fsp3) is 0.0769. The molecule has 148 valence electrons. The minimum absolute atomic E-state index is 0.162. The summed E-state index contributed by atoms with van der Waals surface area (Å²) in [7, 11) is 0. The molecule has 0 saturated carbocycles. The Morgan fingerprint density at radius 2 is 1.67 bits per heavy atom. The number of carbonyl (C=O) groups excluding carboxylic acids is 1. The van der Waals surface area contributed by atoms with E-state index in [-0.39, 0.29) is 5.91 Å². The largest absolute Gasteiger partial charge is 0.445 e. The second-order valence-corrected chi connectivity index (χ2v) is 7.18. The summed E-state index contributed by atoms with van der Waals surface area (Å²) in [5.41, 5.74) is 7.18. The van der Waals surface area contributed by atoms with Crippen molar-refractivity contribution in [2.45, 2.75) is 13.8 Å². The molecule has 0 fully saturated rings. The first-order valence-corrected chi connectivity index (χ1v) is 9.75. The van der Waals surface area contributed by atoms with Crippen LogP contribution in [0, 0.1) is 13.8 Å². The fourth-order valence-corrected chi connectivity index (χ4v) is 3.20. The molecule has 4 rings (SSSR count). The summed E-state index contributed by atoms with van der Waals surface area (Å²) in [4.78, 5) is 16.4. The van der Waals surface area contributed by atoms with E-state index in [1.165, 1.54) is 5.56 Å². The van der Waals surface area contributed by atoms with E-state index in [1.54, 1.807) is 24.6 Å². The molecule has 1 heterocycles. The van der Waals surface area contributed by atoms with E-state index >= 15 is 0 Å². The summed E-state index contributed by atoms with van der Waals surface area (Å²) in [6.07, 6.45) is 6.56. The van der Waals surface area contributed by atoms with Crippen LogP contribution in [0.15, 0.2) is 89.7 Å². The number of hydrogen-bond donors (Lipinski definition) is 1. The molecule has 0 radical (unpaired) electrons. The van der Waals surface area contributed by atoms with Crippen LogP contribution in [0.2, 0.25) is 0 Å². The summed E-state index contributed by atoms with van der Waals surface area (Å²) < 4.78 is 5.41. The maximum Gasteiger partial charge on any atom is 0.248 e. The number of anilines is 1. The molecule has 0 bridgehead atoms. The van der Waals surface area contributed by atoms with Crippen molar-refractivity contribution in [3.8, 4) is 22.6 Å². The quantitative estimate of drug-likeness (QED) is 0.405. The fourth-order valence-electron chi connectivity index (χ4n) is 3.20. The van der Waals surface area contributed by atoms with Gasteiger partial charge in [0.2, 0.25) is 11.8 Å². The van der Waals surface area contributed by atoms with Crippen molar-refractivity contribution in [1.29, 1.82) is 0 Å². The van der Waals surface area contributed by atoms with E-state index in [4.69, 9.17) is 4.42 Å². The SMILES string of the molecule is Cc1ccc(/C=C/C(=O)Nc2ccc(-c3cc(-c4ncco4)ccc3C)cc2)cc1. The molecule has 0 unspecified atom stereocenters. The highest BCUT2D eigenvalue weighted by Crippen LogP contribution is 2.29. The van der Waals surface area contributed by atoms with Crippen molar-refractivity contribution >= 4 is 17.7 Å². The zero-order valence-electron chi connectivity index (χ0n) is 16.9. The lowest BCUT2D eigenvalue weighted by Gasteiger charge is -2.09. The number of nitrogens with one attached hydrogen (secondary N) is 1. The number of rotatable bonds is 5. The molecule has 0 saturated heterocycles. The smallest absolute Gasteiger partial charge is 0.248 e. The van der Waals surface area contributed by atoms with Crippen LogP contribution in [-0.4, -0.2) is 10.9 Å². The molecule has 1 aromatic heterocycles. The summed E-state index contributed by atoms with van der Waals surface area (Å²) in [6, 6.07) is 22.0. The minimum atomic E-state index is -0.162. The van der Waals surface area contributed by atoms with Crippen LogP contribution in [0.4, 0.5) is 5.69 Å². The number of carbonyl (C=O) groups is 1. The van der Waals surface area contributed by atoms with Gasteiger partial charge in [0.25, 0.3) is 0 Å². The Kier molecular flexibility index (Phi) is 5.57. The molecule has 4 aromatic rings. The third-order valence-electron chi connectivity index (χ3n) is 4.88. The minimum Gasteiger partial charge on any atom is -0.445 e. The van der Waals surface area contributed by atoms with Gasteiger partial charge in [-0.25, -0.2) is 4.98 Å². The van der Waals surface area contributed by atoms with Crippen LogP contribution in [0.5, 0.6) is 0 Å². The maximum atomic E-state index is 12.2. The normalized spacial score (nSPS) is 11.0. The molecule has 0 atom stereocenters.